The lowest BCUT2D eigenvalue weighted by Crippen LogP contribution is -2.16. The van der Waals surface area contributed by atoms with E-state index in [0.717, 1.165) is 30.6 Å². The number of carbonyl (C=O) groups is 1. The first-order valence-corrected chi connectivity index (χ1v) is 5.35. The molecule has 0 bridgehead atoms. The van der Waals surface area contributed by atoms with Crippen molar-refractivity contribution < 1.29 is 9.53 Å². The molecule has 0 saturated carbocycles. The van der Waals surface area contributed by atoms with E-state index in [9.17, 15) is 4.79 Å². The number of hydrogen-bond donors (Lipinski definition) is 0. The van der Waals surface area contributed by atoms with Gasteiger partial charge in [-0.05, 0) is 30.4 Å². The van der Waals surface area contributed by atoms with Gasteiger partial charge in [-0.15, -0.1) is 0 Å². The summed E-state index contributed by atoms with van der Waals surface area (Å²) in [5.41, 5.74) is 3.73. The quantitative estimate of drug-likeness (QED) is 0.602. The zero-order valence-electron chi connectivity index (χ0n) is 8.45. The highest BCUT2D eigenvalue weighted by Gasteiger charge is 2.26. The smallest absolute Gasteiger partial charge is 0.311 e. The van der Waals surface area contributed by atoms with E-state index >= 15 is 0 Å². The van der Waals surface area contributed by atoms with Crippen LogP contribution in [0.1, 0.15) is 30.4 Å². The van der Waals surface area contributed by atoms with Crippen molar-refractivity contribution in [1.82, 2.24) is 0 Å². The van der Waals surface area contributed by atoms with Gasteiger partial charge in [0.05, 0.1) is 0 Å². The van der Waals surface area contributed by atoms with Gasteiger partial charge in [0.1, 0.15) is 5.76 Å². The van der Waals surface area contributed by atoms with E-state index in [-0.39, 0.29) is 5.97 Å². The standard InChI is InChI=1S/C13H12O2/c14-12-8-7-10-6-5-9-3-1-2-4-11(9)13(10)15-12/h1-4H,5-8H2. The molecule has 0 N–H and O–H groups in total. The average molecular weight is 200 g/mol. The van der Waals surface area contributed by atoms with Gasteiger partial charge < -0.3 is 4.74 Å². The topological polar surface area (TPSA) is 26.3 Å². The van der Waals surface area contributed by atoms with Gasteiger partial charge in [0, 0.05) is 12.0 Å². The van der Waals surface area contributed by atoms with Crippen LogP contribution < -0.4 is 0 Å². The van der Waals surface area contributed by atoms with Crippen LogP contribution in [-0.2, 0) is 16.0 Å². The lowest BCUT2D eigenvalue weighted by atomic mass is 9.87. The molecule has 15 heavy (non-hydrogen) atoms. The molecule has 0 amide bonds. The second-order valence-electron chi connectivity index (χ2n) is 4.06. The molecule has 2 aliphatic rings. The molecule has 1 aliphatic heterocycles. The molecular weight excluding hydrogens is 188 g/mol. The minimum Gasteiger partial charge on any atom is -0.426 e. The summed E-state index contributed by atoms with van der Waals surface area (Å²) in [6.45, 7) is 0. The maximum Gasteiger partial charge on any atom is 0.311 e. The van der Waals surface area contributed by atoms with Gasteiger partial charge in [-0.2, -0.15) is 0 Å². The highest BCUT2D eigenvalue weighted by Crippen LogP contribution is 2.36. The van der Waals surface area contributed by atoms with Gasteiger partial charge in [0.25, 0.3) is 0 Å². The van der Waals surface area contributed by atoms with Crippen molar-refractivity contribution >= 4 is 11.7 Å². The van der Waals surface area contributed by atoms with Crippen molar-refractivity contribution in [3.63, 3.8) is 0 Å². The van der Waals surface area contributed by atoms with Gasteiger partial charge >= 0.3 is 5.97 Å². The van der Waals surface area contributed by atoms with Crippen molar-refractivity contribution in [3.8, 4) is 0 Å². The molecule has 3 rings (SSSR count). The first kappa shape index (κ1) is 8.72. The molecule has 0 spiro atoms. The summed E-state index contributed by atoms with van der Waals surface area (Å²) < 4.78 is 5.36. The summed E-state index contributed by atoms with van der Waals surface area (Å²) in [7, 11) is 0. The van der Waals surface area contributed by atoms with Crippen LogP contribution in [0.3, 0.4) is 0 Å². The Hall–Kier alpha value is -1.57. The molecule has 0 saturated heterocycles. The molecule has 1 heterocycles. The van der Waals surface area contributed by atoms with E-state index in [4.69, 9.17) is 4.74 Å². The SMILES string of the molecule is O=C1CCC2=C(O1)c1ccccc1CC2. The fraction of sp³-hybridized carbons (Fsp3) is 0.308. The van der Waals surface area contributed by atoms with Crippen LogP contribution in [0.5, 0.6) is 0 Å². The number of allylic oxidation sites excluding steroid dienone is 1. The van der Waals surface area contributed by atoms with Gasteiger partial charge in [-0.25, -0.2) is 0 Å². The molecule has 0 atom stereocenters. The number of ether oxygens (including phenoxy) is 1. The third-order valence-electron chi connectivity index (χ3n) is 3.13. The van der Waals surface area contributed by atoms with Crippen molar-refractivity contribution in [2.45, 2.75) is 25.7 Å². The first-order valence-electron chi connectivity index (χ1n) is 5.35. The van der Waals surface area contributed by atoms with Crippen LogP contribution in [0, 0.1) is 0 Å². The maximum absolute atomic E-state index is 11.3. The third-order valence-corrected chi connectivity index (χ3v) is 3.13. The van der Waals surface area contributed by atoms with Gasteiger partial charge in [-0.1, -0.05) is 24.3 Å². The highest BCUT2D eigenvalue weighted by molar-refractivity contribution is 5.83. The Bertz CT molecular complexity index is 457. The number of aryl methyl sites for hydroxylation is 1. The number of fused-ring (bicyclic) bond motifs is 2. The number of carbonyl (C=O) groups excluding carboxylic acids is 1. The fourth-order valence-electron chi connectivity index (χ4n) is 2.33. The summed E-state index contributed by atoms with van der Waals surface area (Å²) in [4.78, 5) is 11.3. The Labute approximate surface area is 88.6 Å². The van der Waals surface area contributed by atoms with Crippen LogP contribution in [0.15, 0.2) is 29.8 Å². The number of rotatable bonds is 0. The van der Waals surface area contributed by atoms with E-state index in [1.54, 1.807) is 0 Å². The Morgan fingerprint density at radius 2 is 1.80 bits per heavy atom. The van der Waals surface area contributed by atoms with Crippen LogP contribution in [-0.4, -0.2) is 5.97 Å². The van der Waals surface area contributed by atoms with Crippen LogP contribution in [0.4, 0.5) is 0 Å². The van der Waals surface area contributed by atoms with Crippen LogP contribution >= 0.6 is 0 Å². The summed E-state index contributed by atoms with van der Waals surface area (Å²) in [6.07, 6.45) is 3.54. The molecule has 1 aromatic carbocycles. The van der Waals surface area contributed by atoms with Gasteiger partial charge in [-0.3, -0.25) is 4.79 Å². The van der Waals surface area contributed by atoms with Crippen LogP contribution in [0.25, 0.3) is 5.76 Å². The zero-order valence-corrected chi connectivity index (χ0v) is 8.45. The minimum absolute atomic E-state index is 0.0922. The normalized spacial score (nSPS) is 19.3. The van der Waals surface area contributed by atoms with Crippen molar-refractivity contribution in [1.29, 1.82) is 0 Å². The number of benzene rings is 1. The Morgan fingerprint density at radius 1 is 1.00 bits per heavy atom. The number of esters is 1. The van der Waals surface area contributed by atoms with Crippen molar-refractivity contribution in [2.75, 3.05) is 0 Å². The first-order chi connectivity index (χ1) is 7.34. The van der Waals surface area contributed by atoms with Crippen molar-refractivity contribution in [3.05, 3.63) is 41.0 Å². The lowest BCUT2D eigenvalue weighted by molar-refractivity contribution is -0.137. The second kappa shape index (κ2) is 3.23. The lowest BCUT2D eigenvalue weighted by Gasteiger charge is -2.25. The number of hydrogen-bond acceptors (Lipinski definition) is 2. The molecule has 0 aromatic heterocycles. The predicted molar refractivity (Wildman–Crippen MR) is 57.0 cm³/mol. The summed E-state index contributed by atoms with van der Waals surface area (Å²) in [6, 6.07) is 8.19. The summed E-state index contributed by atoms with van der Waals surface area (Å²) in [5.74, 6) is 0.749. The van der Waals surface area contributed by atoms with E-state index in [0.29, 0.717) is 6.42 Å². The highest BCUT2D eigenvalue weighted by atomic mass is 16.5. The Morgan fingerprint density at radius 3 is 2.73 bits per heavy atom. The van der Waals surface area contributed by atoms with Crippen molar-refractivity contribution in [2.24, 2.45) is 0 Å². The zero-order chi connectivity index (χ0) is 10.3. The molecule has 1 aliphatic carbocycles. The second-order valence-corrected chi connectivity index (χ2v) is 4.06. The van der Waals surface area contributed by atoms with Gasteiger partial charge in [0.15, 0.2) is 0 Å². The molecule has 1 aromatic rings. The molecule has 0 unspecified atom stereocenters. The van der Waals surface area contributed by atoms with E-state index in [1.165, 1.54) is 11.1 Å². The fourth-order valence-corrected chi connectivity index (χ4v) is 2.33. The summed E-state index contributed by atoms with van der Waals surface area (Å²) in [5, 5.41) is 0. The predicted octanol–water partition coefficient (Wildman–Crippen LogP) is 2.68. The molecular formula is C13H12O2. The molecule has 0 fully saturated rings. The average Bonchev–Trinajstić information content (AvgIpc) is 2.29. The monoisotopic (exact) mass is 200 g/mol. The van der Waals surface area contributed by atoms with E-state index in [2.05, 4.69) is 6.07 Å². The van der Waals surface area contributed by atoms with E-state index in [1.807, 2.05) is 18.2 Å². The largest absolute Gasteiger partial charge is 0.426 e. The third kappa shape index (κ3) is 1.37. The maximum atomic E-state index is 11.3. The van der Waals surface area contributed by atoms with Crippen LogP contribution in [0.2, 0.25) is 0 Å². The molecule has 2 nitrogen and oxygen atoms in total. The summed E-state index contributed by atoms with van der Waals surface area (Å²) >= 11 is 0. The van der Waals surface area contributed by atoms with E-state index < -0.39 is 0 Å². The molecule has 2 heteroatoms. The molecule has 76 valence electrons. The Kier molecular flexibility index (Phi) is 1.88. The van der Waals surface area contributed by atoms with Gasteiger partial charge in [0.2, 0.25) is 0 Å². The Balaban J connectivity index is 2.13. The minimum atomic E-state index is -0.0922. The molecule has 0 radical (unpaired) electrons.